The van der Waals surface area contributed by atoms with Gasteiger partial charge in [-0.1, -0.05) is 0 Å². The van der Waals surface area contributed by atoms with Crippen molar-refractivity contribution in [3.63, 3.8) is 0 Å². The fourth-order valence-electron chi connectivity index (χ4n) is 2.60. The minimum absolute atomic E-state index is 0.0615. The number of rotatable bonds is 5. The molecule has 128 valence electrons. The van der Waals surface area contributed by atoms with Crippen LogP contribution in [0.25, 0.3) is 0 Å². The number of benzene rings is 1. The van der Waals surface area contributed by atoms with E-state index in [1.807, 2.05) is 0 Å². The second kappa shape index (κ2) is 7.08. The largest absolute Gasteiger partial charge is 0.497 e. The van der Waals surface area contributed by atoms with Crippen LogP contribution < -0.4 is 14.4 Å². The predicted molar refractivity (Wildman–Crippen MR) is 86.1 cm³/mol. The molecule has 1 fully saturated rings. The number of hydrogen-bond acceptors (Lipinski definition) is 6. The van der Waals surface area contributed by atoms with E-state index in [0.29, 0.717) is 23.6 Å². The molecule has 1 heterocycles. The first-order chi connectivity index (χ1) is 10.9. The first-order valence-corrected chi connectivity index (χ1v) is 9.12. The average molecular weight is 343 g/mol. The lowest BCUT2D eigenvalue weighted by atomic mass is 10.2. The van der Waals surface area contributed by atoms with E-state index < -0.39 is 22.0 Å². The zero-order valence-electron chi connectivity index (χ0n) is 13.4. The van der Waals surface area contributed by atoms with Crippen molar-refractivity contribution in [2.45, 2.75) is 19.4 Å². The number of anilines is 1. The quantitative estimate of drug-likeness (QED) is 0.811. The Morgan fingerprint density at radius 2 is 2.04 bits per heavy atom. The molecule has 0 bridgehead atoms. The van der Waals surface area contributed by atoms with E-state index in [9.17, 15) is 13.2 Å². The van der Waals surface area contributed by atoms with Gasteiger partial charge in [-0.05, 0) is 25.5 Å². The molecule has 0 spiro atoms. The summed E-state index contributed by atoms with van der Waals surface area (Å²) in [5.74, 6) is 0.975. The van der Waals surface area contributed by atoms with Crippen LogP contribution in [0.3, 0.4) is 0 Å². The van der Waals surface area contributed by atoms with Crippen LogP contribution in [0.4, 0.5) is 10.5 Å². The smallest absolute Gasteiger partial charge is 0.414 e. The predicted octanol–water partition coefficient (Wildman–Crippen LogP) is 1.85. The van der Waals surface area contributed by atoms with Crippen molar-refractivity contribution in [3.05, 3.63) is 18.2 Å². The third-order valence-corrected chi connectivity index (χ3v) is 5.43. The van der Waals surface area contributed by atoms with Gasteiger partial charge in [-0.15, -0.1) is 0 Å². The van der Waals surface area contributed by atoms with Crippen LogP contribution in [0.1, 0.15) is 13.3 Å². The van der Waals surface area contributed by atoms with E-state index in [0.717, 1.165) is 0 Å². The topological polar surface area (TPSA) is 82.1 Å². The molecule has 7 nitrogen and oxygen atoms in total. The number of ether oxygens (including phenoxy) is 3. The molecule has 1 aliphatic rings. The molecule has 1 saturated heterocycles. The minimum Gasteiger partial charge on any atom is -0.497 e. The third kappa shape index (κ3) is 3.87. The Morgan fingerprint density at radius 1 is 1.30 bits per heavy atom. The first kappa shape index (κ1) is 17.4. The Bertz CT molecular complexity index is 673. The van der Waals surface area contributed by atoms with Crippen LogP contribution in [0.2, 0.25) is 0 Å². The lowest BCUT2D eigenvalue weighted by Crippen LogP contribution is -2.42. The molecule has 0 aromatic heterocycles. The average Bonchev–Trinajstić information content (AvgIpc) is 2.87. The lowest BCUT2D eigenvalue weighted by Gasteiger charge is -2.28. The monoisotopic (exact) mass is 343 g/mol. The summed E-state index contributed by atoms with van der Waals surface area (Å²) >= 11 is 0. The van der Waals surface area contributed by atoms with Gasteiger partial charge in [0.15, 0.2) is 9.84 Å². The number of nitrogens with zero attached hydrogens (tertiary/aromatic N) is 1. The molecular formula is C15H21NO6S. The summed E-state index contributed by atoms with van der Waals surface area (Å²) in [5.41, 5.74) is 0.467. The van der Waals surface area contributed by atoms with Gasteiger partial charge >= 0.3 is 6.09 Å². The maximum absolute atomic E-state index is 12.4. The molecule has 0 aliphatic carbocycles. The van der Waals surface area contributed by atoms with E-state index in [2.05, 4.69) is 0 Å². The number of sulfone groups is 1. The van der Waals surface area contributed by atoms with Crippen LogP contribution in [0.15, 0.2) is 18.2 Å². The van der Waals surface area contributed by atoms with Gasteiger partial charge < -0.3 is 14.2 Å². The van der Waals surface area contributed by atoms with E-state index >= 15 is 0 Å². The highest BCUT2D eigenvalue weighted by atomic mass is 32.2. The zero-order chi connectivity index (χ0) is 17.0. The molecule has 2 rings (SSSR count). The van der Waals surface area contributed by atoms with Gasteiger partial charge in [0.05, 0.1) is 44.1 Å². The van der Waals surface area contributed by atoms with Gasteiger partial charge in [0.2, 0.25) is 0 Å². The van der Waals surface area contributed by atoms with E-state index in [-0.39, 0.29) is 18.1 Å². The zero-order valence-corrected chi connectivity index (χ0v) is 14.3. The van der Waals surface area contributed by atoms with Crippen molar-refractivity contribution >= 4 is 21.6 Å². The molecule has 1 amide bonds. The number of amides is 1. The Balaban J connectivity index is 2.43. The standard InChI is InChI=1S/C15H21NO6S/c1-4-22-15(17)16(11-7-8-23(18,19)10-11)13-6-5-12(20-2)9-14(13)21-3/h5-6,9,11H,4,7-8,10H2,1-3H3. The molecule has 1 aliphatic heterocycles. The molecule has 1 atom stereocenters. The van der Waals surface area contributed by atoms with Crippen LogP contribution in [-0.2, 0) is 14.6 Å². The summed E-state index contributed by atoms with van der Waals surface area (Å²) < 4.78 is 39.1. The summed E-state index contributed by atoms with van der Waals surface area (Å²) in [6.07, 6.45) is -0.214. The van der Waals surface area contributed by atoms with Crippen LogP contribution in [-0.4, -0.2) is 52.9 Å². The maximum Gasteiger partial charge on any atom is 0.414 e. The van der Waals surface area contributed by atoms with Crippen molar-refractivity contribution < 1.29 is 27.4 Å². The molecule has 8 heteroatoms. The second-order valence-corrected chi connectivity index (χ2v) is 7.39. The Hall–Kier alpha value is -1.96. The normalized spacial score (nSPS) is 19.2. The molecule has 0 saturated carbocycles. The number of methoxy groups -OCH3 is 2. The molecule has 23 heavy (non-hydrogen) atoms. The summed E-state index contributed by atoms with van der Waals surface area (Å²) in [5, 5.41) is 0. The van der Waals surface area contributed by atoms with Gasteiger partial charge in [0, 0.05) is 6.07 Å². The van der Waals surface area contributed by atoms with Crippen molar-refractivity contribution in [2.75, 3.05) is 37.2 Å². The summed E-state index contributed by atoms with van der Waals surface area (Å²) in [4.78, 5) is 13.8. The fraction of sp³-hybridized carbons (Fsp3) is 0.533. The molecular weight excluding hydrogens is 322 g/mol. The first-order valence-electron chi connectivity index (χ1n) is 7.30. The Labute approximate surface area is 136 Å². The number of carbonyl (C=O) groups excluding carboxylic acids is 1. The van der Waals surface area contributed by atoms with Gasteiger partial charge in [-0.2, -0.15) is 0 Å². The van der Waals surface area contributed by atoms with Gasteiger partial charge in [0.25, 0.3) is 0 Å². The highest BCUT2D eigenvalue weighted by Gasteiger charge is 2.37. The van der Waals surface area contributed by atoms with E-state index in [1.165, 1.54) is 19.1 Å². The van der Waals surface area contributed by atoms with Crippen LogP contribution in [0.5, 0.6) is 11.5 Å². The fourth-order valence-corrected chi connectivity index (χ4v) is 4.30. The van der Waals surface area contributed by atoms with Crippen LogP contribution >= 0.6 is 0 Å². The van der Waals surface area contributed by atoms with E-state index in [1.54, 1.807) is 25.1 Å². The highest BCUT2D eigenvalue weighted by molar-refractivity contribution is 7.91. The SMILES string of the molecule is CCOC(=O)N(c1ccc(OC)cc1OC)C1CCS(=O)(=O)C1. The van der Waals surface area contributed by atoms with Crippen molar-refractivity contribution in [1.29, 1.82) is 0 Å². The minimum atomic E-state index is -3.14. The maximum atomic E-state index is 12.4. The second-order valence-electron chi connectivity index (χ2n) is 5.16. The molecule has 1 aromatic carbocycles. The lowest BCUT2D eigenvalue weighted by molar-refractivity contribution is 0.157. The number of carbonyl (C=O) groups is 1. The van der Waals surface area contributed by atoms with Gasteiger partial charge in [0.1, 0.15) is 11.5 Å². The van der Waals surface area contributed by atoms with Crippen molar-refractivity contribution in [2.24, 2.45) is 0 Å². The molecule has 1 unspecified atom stereocenters. The van der Waals surface area contributed by atoms with Crippen molar-refractivity contribution in [3.8, 4) is 11.5 Å². The molecule has 0 radical (unpaired) electrons. The van der Waals surface area contributed by atoms with Gasteiger partial charge in [-0.3, -0.25) is 4.90 Å². The summed E-state index contributed by atoms with van der Waals surface area (Å²) in [6.45, 7) is 1.90. The van der Waals surface area contributed by atoms with Crippen molar-refractivity contribution in [1.82, 2.24) is 0 Å². The Morgan fingerprint density at radius 3 is 2.57 bits per heavy atom. The van der Waals surface area contributed by atoms with E-state index in [4.69, 9.17) is 14.2 Å². The van der Waals surface area contributed by atoms with Crippen LogP contribution in [0, 0.1) is 0 Å². The third-order valence-electron chi connectivity index (χ3n) is 3.68. The summed E-state index contributed by atoms with van der Waals surface area (Å²) in [7, 11) is -0.136. The summed E-state index contributed by atoms with van der Waals surface area (Å²) in [6, 6.07) is 4.53. The Kier molecular flexibility index (Phi) is 5.35. The molecule has 1 aromatic rings. The number of hydrogen-bond donors (Lipinski definition) is 0. The molecule has 0 N–H and O–H groups in total. The highest BCUT2D eigenvalue weighted by Crippen LogP contribution is 2.35. The van der Waals surface area contributed by atoms with Gasteiger partial charge in [-0.25, -0.2) is 13.2 Å².